The van der Waals surface area contributed by atoms with Gasteiger partial charge >= 0.3 is 0 Å². The Bertz CT molecular complexity index is 845. The molecule has 0 saturated carbocycles. The number of fused-ring (bicyclic) bond motifs is 1. The maximum absolute atomic E-state index is 12.8. The van der Waals surface area contributed by atoms with Gasteiger partial charge in [-0.1, -0.05) is 0 Å². The third kappa shape index (κ3) is 2.99. The van der Waals surface area contributed by atoms with Gasteiger partial charge in [-0.25, -0.2) is 13.1 Å². The number of benzene rings is 1. The molecule has 0 fully saturated rings. The van der Waals surface area contributed by atoms with Gasteiger partial charge < -0.3 is 9.47 Å². The number of hydrogen-bond acceptors (Lipinski definition) is 5. The predicted octanol–water partition coefficient (Wildman–Crippen LogP) is 1.79. The summed E-state index contributed by atoms with van der Waals surface area (Å²) < 4.78 is 40.4. The lowest BCUT2D eigenvalue weighted by Crippen LogP contribution is -2.31. The molecule has 1 N–H and O–H groups in total. The highest BCUT2D eigenvalue weighted by Crippen LogP contribution is 2.33. The molecule has 0 aliphatic heterocycles. The number of rotatable bonds is 5. The molecule has 0 bridgehead atoms. The van der Waals surface area contributed by atoms with Crippen molar-refractivity contribution in [3.63, 3.8) is 0 Å². The normalized spacial score (nSPS) is 17.4. The van der Waals surface area contributed by atoms with Gasteiger partial charge in [0, 0.05) is 24.4 Å². The number of nitrogens with zero attached hydrogens (tertiary/aromatic N) is 2. The highest BCUT2D eigenvalue weighted by atomic mass is 32.2. The predicted molar refractivity (Wildman–Crippen MR) is 88.8 cm³/mol. The monoisotopic (exact) mass is 351 g/mol. The zero-order valence-electron chi connectivity index (χ0n) is 13.9. The Labute approximate surface area is 141 Å². The highest BCUT2D eigenvalue weighted by Gasteiger charge is 2.28. The van der Waals surface area contributed by atoms with Crippen LogP contribution in [-0.2, 0) is 23.5 Å². The van der Waals surface area contributed by atoms with E-state index in [-0.39, 0.29) is 10.9 Å². The Morgan fingerprint density at radius 1 is 1.25 bits per heavy atom. The molecule has 1 aromatic carbocycles. The fourth-order valence-corrected chi connectivity index (χ4v) is 4.33. The van der Waals surface area contributed by atoms with E-state index in [1.807, 2.05) is 11.7 Å². The average Bonchev–Trinajstić information content (AvgIpc) is 2.96. The molecule has 1 heterocycles. The minimum atomic E-state index is -3.67. The number of aromatic nitrogens is 2. The van der Waals surface area contributed by atoms with Crippen LogP contribution in [0.1, 0.15) is 30.1 Å². The number of aryl methyl sites for hydroxylation is 1. The Morgan fingerprint density at radius 2 is 2.00 bits per heavy atom. The van der Waals surface area contributed by atoms with Crippen LogP contribution in [0.15, 0.2) is 29.3 Å². The summed E-state index contributed by atoms with van der Waals surface area (Å²) in [5.41, 5.74) is 2.04. The molecule has 0 saturated heterocycles. The summed E-state index contributed by atoms with van der Waals surface area (Å²) in [6.45, 7) is 0. The van der Waals surface area contributed by atoms with Gasteiger partial charge in [0.1, 0.15) is 0 Å². The van der Waals surface area contributed by atoms with Gasteiger partial charge in [-0.2, -0.15) is 5.10 Å². The van der Waals surface area contributed by atoms with E-state index < -0.39 is 10.0 Å². The number of ether oxygens (including phenoxy) is 2. The molecule has 1 aliphatic carbocycles. The molecule has 1 aliphatic rings. The first-order valence-corrected chi connectivity index (χ1v) is 9.19. The first-order chi connectivity index (χ1) is 11.5. The fraction of sp³-hybridized carbons (Fsp3) is 0.438. The van der Waals surface area contributed by atoms with Crippen molar-refractivity contribution in [2.45, 2.75) is 30.2 Å². The molecular weight excluding hydrogens is 330 g/mol. The van der Waals surface area contributed by atoms with Gasteiger partial charge in [0.25, 0.3) is 0 Å². The van der Waals surface area contributed by atoms with Gasteiger partial charge in [-0.05, 0) is 31.4 Å². The van der Waals surface area contributed by atoms with Gasteiger partial charge in [0.05, 0.1) is 31.4 Å². The van der Waals surface area contributed by atoms with Crippen LogP contribution < -0.4 is 14.2 Å². The lowest BCUT2D eigenvalue weighted by atomic mass is 9.94. The van der Waals surface area contributed by atoms with Gasteiger partial charge in [-0.3, -0.25) is 4.68 Å². The van der Waals surface area contributed by atoms with Crippen molar-refractivity contribution in [2.75, 3.05) is 14.2 Å². The topological polar surface area (TPSA) is 82.5 Å². The van der Waals surface area contributed by atoms with Crippen molar-refractivity contribution in [1.82, 2.24) is 14.5 Å². The molecule has 7 nitrogen and oxygen atoms in total. The van der Waals surface area contributed by atoms with Crippen LogP contribution in [0.4, 0.5) is 0 Å². The van der Waals surface area contributed by atoms with Crippen LogP contribution in [0.25, 0.3) is 0 Å². The molecule has 0 radical (unpaired) electrons. The Hall–Kier alpha value is -2.06. The molecule has 1 aromatic heterocycles. The van der Waals surface area contributed by atoms with E-state index in [0.717, 1.165) is 30.5 Å². The van der Waals surface area contributed by atoms with Crippen LogP contribution in [0, 0.1) is 0 Å². The van der Waals surface area contributed by atoms with E-state index in [4.69, 9.17) is 9.47 Å². The molecular formula is C16H21N3O4S. The number of sulfonamides is 1. The third-order valence-corrected chi connectivity index (χ3v) is 5.81. The summed E-state index contributed by atoms with van der Waals surface area (Å²) in [6.07, 6.45) is 4.34. The van der Waals surface area contributed by atoms with Gasteiger partial charge in [0.2, 0.25) is 10.0 Å². The van der Waals surface area contributed by atoms with Crippen LogP contribution in [-0.4, -0.2) is 32.4 Å². The first-order valence-electron chi connectivity index (χ1n) is 7.71. The minimum absolute atomic E-state index is 0.149. The largest absolute Gasteiger partial charge is 0.493 e. The second-order valence-corrected chi connectivity index (χ2v) is 7.47. The van der Waals surface area contributed by atoms with E-state index in [0.29, 0.717) is 11.5 Å². The number of nitrogens with one attached hydrogen (secondary N) is 1. The molecule has 8 heteroatoms. The summed E-state index contributed by atoms with van der Waals surface area (Å²) in [5.74, 6) is 0.870. The SMILES string of the molecule is COc1ccc(S(=O)(=O)N[C@H]2CCCc3c2cnn3C)cc1OC. The van der Waals surface area contributed by atoms with E-state index >= 15 is 0 Å². The third-order valence-electron chi connectivity index (χ3n) is 4.34. The lowest BCUT2D eigenvalue weighted by molar-refractivity contribution is 0.354. The fourth-order valence-electron chi connectivity index (χ4n) is 3.07. The Balaban J connectivity index is 1.90. The van der Waals surface area contributed by atoms with Crippen molar-refractivity contribution in [1.29, 1.82) is 0 Å². The highest BCUT2D eigenvalue weighted by molar-refractivity contribution is 7.89. The van der Waals surface area contributed by atoms with Crippen LogP contribution in [0.5, 0.6) is 11.5 Å². The molecule has 3 rings (SSSR count). The van der Waals surface area contributed by atoms with E-state index in [1.54, 1.807) is 12.3 Å². The maximum Gasteiger partial charge on any atom is 0.241 e. The van der Waals surface area contributed by atoms with Crippen molar-refractivity contribution in [3.05, 3.63) is 35.7 Å². The summed E-state index contributed by atoms with van der Waals surface area (Å²) in [7, 11) is 1.19. The van der Waals surface area contributed by atoms with Gasteiger partial charge in [-0.15, -0.1) is 0 Å². The van der Waals surface area contributed by atoms with Crippen molar-refractivity contribution >= 4 is 10.0 Å². The van der Waals surface area contributed by atoms with Crippen LogP contribution in [0.2, 0.25) is 0 Å². The summed E-state index contributed by atoms with van der Waals surface area (Å²) >= 11 is 0. The zero-order chi connectivity index (χ0) is 17.3. The van der Waals surface area contributed by atoms with Crippen molar-refractivity contribution in [3.8, 4) is 11.5 Å². The van der Waals surface area contributed by atoms with Crippen LogP contribution in [0.3, 0.4) is 0 Å². The second-order valence-electron chi connectivity index (χ2n) is 5.75. The van der Waals surface area contributed by atoms with E-state index in [2.05, 4.69) is 9.82 Å². The summed E-state index contributed by atoms with van der Waals surface area (Å²) in [4.78, 5) is 0.149. The molecule has 0 spiro atoms. The summed E-state index contributed by atoms with van der Waals surface area (Å²) in [5, 5.41) is 4.25. The molecule has 24 heavy (non-hydrogen) atoms. The number of hydrogen-bond donors (Lipinski definition) is 1. The molecule has 0 unspecified atom stereocenters. The smallest absolute Gasteiger partial charge is 0.241 e. The molecule has 130 valence electrons. The summed E-state index contributed by atoms with van der Waals surface area (Å²) in [6, 6.07) is 4.30. The lowest BCUT2D eigenvalue weighted by Gasteiger charge is -2.23. The standard InChI is InChI=1S/C16H21N3O4S/c1-19-14-6-4-5-13(12(14)10-17-19)18-24(20,21)11-7-8-15(22-2)16(9-11)23-3/h7-10,13,18H,4-6H2,1-3H3/t13-/m0/s1. The first kappa shape index (κ1) is 16.8. The van der Waals surface area contributed by atoms with Gasteiger partial charge in [0.15, 0.2) is 11.5 Å². The second kappa shape index (κ2) is 6.45. The van der Waals surface area contributed by atoms with E-state index in [9.17, 15) is 8.42 Å². The van der Waals surface area contributed by atoms with E-state index in [1.165, 1.54) is 26.4 Å². The zero-order valence-corrected chi connectivity index (χ0v) is 14.8. The number of methoxy groups -OCH3 is 2. The van der Waals surface area contributed by atoms with Crippen molar-refractivity contribution in [2.24, 2.45) is 7.05 Å². The molecule has 0 amide bonds. The maximum atomic E-state index is 12.8. The van der Waals surface area contributed by atoms with Crippen LogP contribution >= 0.6 is 0 Å². The average molecular weight is 351 g/mol. The molecule has 1 atom stereocenters. The Kier molecular flexibility index (Phi) is 4.51. The minimum Gasteiger partial charge on any atom is -0.493 e. The Morgan fingerprint density at radius 3 is 2.71 bits per heavy atom. The quantitative estimate of drug-likeness (QED) is 0.888. The van der Waals surface area contributed by atoms with Crippen molar-refractivity contribution < 1.29 is 17.9 Å². The molecule has 2 aromatic rings.